The molecule has 0 spiro atoms. The van der Waals surface area contributed by atoms with Crippen molar-refractivity contribution in [1.29, 1.82) is 0 Å². The summed E-state index contributed by atoms with van der Waals surface area (Å²) in [6.07, 6.45) is -4.80. The van der Waals surface area contributed by atoms with Gasteiger partial charge in [0.25, 0.3) is 0 Å². The highest BCUT2D eigenvalue weighted by Gasteiger charge is 2.29. The fourth-order valence-electron chi connectivity index (χ4n) is 0.748. The van der Waals surface area contributed by atoms with E-state index in [9.17, 15) is 18.0 Å². The smallest absolute Gasteiger partial charge is 0.434 e. The number of carbonyl (C=O) groups is 1. The van der Waals surface area contributed by atoms with Crippen LogP contribution < -0.4 is 0 Å². The molecule has 6 heteroatoms. The second-order valence-corrected chi connectivity index (χ2v) is 2.42. The van der Waals surface area contributed by atoms with Crippen LogP contribution in [0.2, 0.25) is 0 Å². The first-order chi connectivity index (χ1) is 6.99. The average molecular weight is 219 g/mol. The van der Waals surface area contributed by atoms with Gasteiger partial charge in [0.05, 0.1) is 5.56 Å². The molecule has 0 bridgehead atoms. The maximum atomic E-state index is 11.5. The Morgan fingerprint density at radius 3 is 2.67 bits per heavy atom. The summed E-state index contributed by atoms with van der Waals surface area (Å²) in [6.45, 7) is -1.16. The second kappa shape index (κ2) is 4.79. The van der Waals surface area contributed by atoms with E-state index >= 15 is 0 Å². The first kappa shape index (κ1) is 11.5. The number of esters is 1. The number of benzene rings is 1. The van der Waals surface area contributed by atoms with Crippen LogP contribution in [0.15, 0.2) is 24.3 Å². The quantitative estimate of drug-likeness (QED) is 0.577. The van der Waals surface area contributed by atoms with Crippen molar-refractivity contribution in [2.75, 3.05) is 6.79 Å². The fourth-order valence-corrected chi connectivity index (χ4v) is 0.748. The van der Waals surface area contributed by atoms with E-state index in [1.165, 1.54) is 18.2 Å². The number of rotatable bonds is 3. The topological polar surface area (TPSA) is 35.5 Å². The maximum Gasteiger partial charge on any atom is 0.525 e. The SMILES string of the molecule is O=C(OCOC(F)(F)F)c1[c]cccc1. The third-order valence-corrected chi connectivity index (χ3v) is 1.34. The zero-order valence-electron chi connectivity index (χ0n) is 7.38. The zero-order chi connectivity index (χ0) is 11.3. The van der Waals surface area contributed by atoms with Gasteiger partial charge in [0.2, 0.25) is 6.79 Å². The van der Waals surface area contributed by atoms with E-state index in [0.29, 0.717) is 0 Å². The molecule has 1 aromatic carbocycles. The van der Waals surface area contributed by atoms with Crippen molar-refractivity contribution in [1.82, 2.24) is 0 Å². The highest BCUT2D eigenvalue weighted by atomic mass is 19.4. The summed E-state index contributed by atoms with van der Waals surface area (Å²) in [5.41, 5.74) is 0.0447. The third kappa shape index (κ3) is 4.46. The van der Waals surface area contributed by atoms with Gasteiger partial charge >= 0.3 is 12.3 Å². The molecule has 0 aliphatic rings. The van der Waals surface area contributed by atoms with E-state index in [2.05, 4.69) is 15.5 Å². The Kier molecular flexibility index (Phi) is 3.68. The van der Waals surface area contributed by atoms with Crippen LogP contribution in [0.4, 0.5) is 13.2 Å². The summed E-state index contributed by atoms with van der Waals surface area (Å²) in [5.74, 6) is -0.917. The molecule has 81 valence electrons. The largest absolute Gasteiger partial charge is 0.525 e. The van der Waals surface area contributed by atoms with Crippen molar-refractivity contribution in [2.24, 2.45) is 0 Å². The predicted molar refractivity (Wildman–Crippen MR) is 42.7 cm³/mol. The molecule has 1 aromatic rings. The molecule has 0 saturated carbocycles. The average Bonchev–Trinajstić information content (AvgIpc) is 2.17. The monoisotopic (exact) mass is 219 g/mol. The van der Waals surface area contributed by atoms with Crippen LogP contribution in [-0.4, -0.2) is 19.1 Å². The fraction of sp³-hybridized carbons (Fsp3) is 0.222. The Bertz CT molecular complexity index is 321. The van der Waals surface area contributed by atoms with Crippen LogP contribution in [0.5, 0.6) is 0 Å². The second-order valence-electron chi connectivity index (χ2n) is 2.42. The van der Waals surface area contributed by atoms with Gasteiger partial charge in [-0.05, 0) is 12.1 Å². The molecule has 0 aliphatic carbocycles. The molecule has 0 aromatic heterocycles. The van der Waals surface area contributed by atoms with Gasteiger partial charge in [-0.1, -0.05) is 18.2 Å². The van der Waals surface area contributed by atoms with Crippen LogP contribution >= 0.6 is 0 Å². The molecular weight excluding hydrogens is 213 g/mol. The lowest BCUT2D eigenvalue weighted by Gasteiger charge is -2.07. The van der Waals surface area contributed by atoms with Crippen molar-refractivity contribution in [2.45, 2.75) is 6.36 Å². The van der Waals surface area contributed by atoms with E-state index in [4.69, 9.17) is 0 Å². The normalized spacial score (nSPS) is 11.1. The maximum absolute atomic E-state index is 11.5. The minimum Gasteiger partial charge on any atom is -0.434 e. The van der Waals surface area contributed by atoms with Gasteiger partial charge in [0, 0.05) is 0 Å². The number of ether oxygens (including phenoxy) is 2. The van der Waals surface area contributed by atoms with E-state index < -0.39 is 19.1 Å². The van der Waals surface area contributed by atoms with Gasteiger partial charge in [-0.2, -0.15) is 0 Å². The van der Waals surface area contributed by atoms with Crippen molar-refractivity contribution >= 4 is 5.97 Å². The van der Waals surface area contributed by atoms with Gasteiger partial charge in [-0.25, -0.2) is 4.79 Å². The van der Waals surface area contributed by atoms with Gasteiger partial charge in [0.15, 0.2) is 0 Å². The van der Waals surface area contributed by atoms with Crippen molar-refractivity contribution in [3.05, 3.63) is 35.9 Å². The van der Waals surface area contributed by atoms with Crippen molar-refractivity contribution in [3.63, 3.8) is 0 Å². The first-order valence-corrected chi connectivity index (χ1v) is 3.83. The lowest BCUT2D eigenvalue weighted by atomic mass is 10.2. The number of halogens is 3. The lowest BCUT2D eigenvalue weighted by Crippen LogP contribution is -2.18. The summed E-state index contributed by atoms with van der Waals surface area (Å²) in [5, 5.41) is 0. The van der Waals surface area contributed by atoms with E-state index in [-0.39, 0.29) is 5.56 Å². The third-order valence-electron chi connectivity index (χ3n) is 1.34. The number of hydrogen-bond acceptors (Lipinski definition) is 3. The van der Waals surface area contributed by atoms with Crippen molar-refractivity contribution in [3.8, 4) is 0 Å². The molecule has 1 radical (unpaired) electrons. The Balaban J connectivity index is 2.38. The Morgan fingerprint density at radius 2 is 2.13 bits per heavy atom. The minimum atomic E-state index is -4.80. The van der Waals surface area contributed by atoms with Crippen LogP contribution in [0.1, 0.15) is 10.4 Å². The molecule has 0 unspecified atom stereocenters. The molecule has 3 nitrogen and oxygen atoms in total. The molecule has 15 heavy (non-hydrogen) atoms. The molecule has 0 aliphatic heterocycles. The van der Waals surface area contributed by atoms with Crippen molar-refractivity contribution < 1.29 is 27.4 Å². The van der Waals surface area contributed by atoms with Crippen LogP contribution in [-0.2, 0) is 9.47 Å². The summed E-state index contributed by atoms with van der Waals surface area (Å²) >= 11 is 0. The Morgan fingerprint density at radius 1 is 1.40 bits per heavy atom. The molecule has 0 amide bonds. The van der Waals surface area contributed by atoms with Crippen LogP contribution in [0, 0.1) is 6.07 Å². The first-order valence-electron chi connectivity index (χ1n) is 3.83. The molecular formula is C9H6F3O3. The van der Waals surface area contributed by atoms with Gasteiger partial charge in [-0.15, -0.1) is 13.2 Å². The molecule has 0 atom stereocenters. The Hall–Kier alpha value is -1.56. The van der Waals surface area contributed by atoms with E-state index in [1.54, 1.807) is 6.07 Å². The summed E-state index contributed by atoms with van der Waals surface area (Å²) < 4.78 is 41.9. The zero-order valence-corrected chi connectivity index (χ0v) is 7.38. The summed E-state index contributed by atoms with van der Waals surface area (Å²) in [6, 6.07) is 8.47. The standard InChI is InChI=1S/C9H6F3O3/c10-9(11,12)15-6-14-8(13)7-4-2-1-3-5-7/h1-4H,6H2. The van der Waals surface area contributed by atoms with E-state index in [0.717, 1.165) is 0 Å². The van der Waals surface area contributed by atoms with Gasteiger partial charge < -0.3 is 4.74 Å². The number of hydrogen-bond donors (Lipinski definition) is 0. The highest BCUT2D eigenvalue weighted by Crippen LogP contribution is 2.15. The van der Waals surface area contributed by atoms with E-state index in [1.807, 2.05) is 0 Å². The predicted octanol–water partition coefficient (Wildman–Crippen LogP) is 2.14. The van der Waals surface area contributed by atoms with Gasteiger partial charge in [-0.3, -0.25) is 4.74 Å². The molecule has 0 saturated heterocycles. The number of alkyl halides is 3. The number of carbonyl (C=O) groups excluding carboxylic acids is 1. The summed E-state index contributed by atoms with van der Waals surface area (Å²) in [4.78, 5) is 11.0. The lowest BCUT2D eigenvalue weighted by molar-refractivity contribution is -0.343. The van der Waals surface area contributed by atoms with Crippen LogP contribution in [0.25, 0.3) is 0 Å². The minimum absolute atomic E-state index is 0.0447. The van der Waals surface area contributed by atoms with Crippen LogP contribution in [0.3, 0.4) is 0 Å². The molecule has 1 rings (SSSR count). The Labute approximate surface area is 83.4 Å². The molecule has 0 fully saturated rings. The molecule has 0 N–H and O–H groups in total. The highest BCUT2D eigenvalue weighted by molar-refractivity contribution is 5.88. The summed E-state index contributed by atoms with van der Waals surface area (Å²) in [7, 11) is 0. The molecule has 0 heterocycles. The van der Waals surface area contributed by atoms with Gasteiger partial charge in [0.1, 0.15) is 0 Å².